The van der Waals surface area contributed by atoms with Crippen LogP contribution in [0.2, 0.25) is 0 Å². The van der Waals surface area contributed by atoms with Crippen LogP contribution in [0.15, 0.2) is 42.5 Å². The van der Waals surface area contributed by atoms with Gasteiger partial charge in [0.2, 0.25) is 0 Å². The van der Waals surface area contributed by atoms with E-state index in [0.717, 1.165) is 5.56 Å². The molecule has 0 saturated heterocycles. The van der Waals surface area contributed by atoms with E-state index in [0.29, 0.717) is 30.8 Å². The largest absolute Gasteiger partial charge is 0.489 e. The predicted molar refractivity (Wildman–Crippen MR) is 80.0 cm³/mol. The Morgan fingerprint density at radius 2 is 1.40 bits per heavy atom. The van der Waals surface area contributed by atoms with Gasteiger partial charge in [0.25, 0.3) is 0 Å². The van der Waals surface area contributed by atoms with Crippen LogP contribution in [0.4, 0.5) is 26.3 Å². The Labute approximate surface area is 140 Å². The van der Waals surface area contributed by atoms with Gasteiger partial charge in [-0.25, -0.2) is 0 Å². The second kappa shape index (κ2) is 7.35. The van der Waals surface area contributed by atoms with Gasteiger partial charge in [-0.1, -0.05) is 12.1 Å². The average molecular weight is 363 g/mol. The number of halogens is 6. The number of ether oxygens (including phenoxy) is 1. The third-order valence-corrected chi connectivity index (χ3v) is 3.38. The smallest absolute Gasteiger partial charge is 0.416 e. The van der Waals surface area contributed by atoms with Gasteiger partial charge in [-0.05, 0) is 54.4 Å². The van der Waals surface area contributed by atoms with E-state index in [2.05, 4.69) is 0 Å². The van der Waals surface area contributed by atoms with Crippen LogP contribution < -0.4 is 10.5 Å². The second-order valence-corrected chi connectivity index (χ2v) is 5.39. The fourth-order valence-corrected chi connectivity index (χ4v) is 2.23. The Bertz CT molecular complexity index is 692. The summed E-state index contributed by atoms with van der Waals surface area (Å²) < 4.78 is 82.2. The molecule has 0 spiro atoms. The van der Waals surface area contributed by atoms with E-state index >= 15 is 0 Å². The topological polar surface area (TPSA) is 35.2 Å². The van der Waals surface area contributed by atoms with Crippen molar-refractivity contribution in [3.63, 3.8) is 0 Å². The quantitative estimate of drug-likeness (QED) is 0.774. The molecule has 0 heterocycles. The summed E-state index contributed by atoms with van der Waals surface area (Å²) in [6, 6.07) is 8.08. The van der Waals surface area contributed by atoms with Gasteiger partial charge in [-0.15, -0.1) is 0 Å². The van der Waals surface area contributed by atoms with Gasteiger partial charge >= 0.3 is 12.4 Å². The summed E-state index contributed by atoms with van der Waals surface area (Å²) in [5.74, 6) is 0.344. The molecule has 0 unspecified atom stereocenters. The van der Waals surface area contributed by atoms with Crippen LogP contribution in [0.25, 0.3) is 0 Å². The first-order valence-electron chi connectivity index (χ1n) is 7.30. The highest BCUT2D eigenvalue weighted by Crippen LogP contribution is 2.36. The number of benzene rings is 2. The normalized spacial score (nSPS) is 12.3. The van der Waals surface area contributed by atoms with E-state index in [9.17, 15) is 26.3 Å². The summed E-state index contributed by atoms with van der Waals surface area (Å²) >= 11 is 0. The van der Waals surface area contributed by atoms with Crippen LogP contribution in [0.5, 0.6) is 5.75 Å². The fourth-order valence-electron chi connectivity index (χ4n) is 2.23. The second-order valence-electron chi connectivity index (χ2n) is 5.39. The van der Waals surface area contributed by atoms with E-state index in [4.69, 9.17) is 10.5 Å². The first kappa shape index (κ1) is 19.1. The van der Waals surface area contributed by atoms with Crippen molar-refractivity contribution in [1.82, 2.24) is 0 Å². The molecule has 2 rings (SSSR count). The van der Waals surface area contributed by atoms with Gasteiger partial charge in [-0.3, -0.25) is 0 Å². The van der Waals surface area contributed by atoms with Crippen molar-refractivity contribution in [2.45, 2.75) is 25.4 Å². The zero-order valence-electron chi connectivity index (χ0n) is 12.9. The summed E-state index contributed by atoms with van der Waals surface area (Å²) in [5, 5.41) is 0. The minimum absolute atomic E-state index is 0.0887. The van der Waals surface area contributed by atoms with E-state index in [1.165, 1.54) is 0 Å². The molecule has 0 bridgehead atoms. The molecule has 25 heavy (non-hydrogen) atoms. The van der Waals surface area contributed by atoms with Crippen molar-refractivity contribution in [2.24, 2.45) is 5.73 Å². The van der Waals surface area contributed by atoms with Crippen molar-refractivity contribution in [3.8, 4) is 5.75 Å². The molecule has 0 aromatic heterocycles. The van der Waals surface area contributed by atoms with Crippen LogP contribution in [0, 0.1) is 0 Å². The SMILES string of the molecule is NCCc1cccc(OCc2cc(C(F)(F)F)cc(C(F)(F)F)c2)c1. The highest BCUT2D eigenvalue weighted by Gasteiger charge is 2.36. The molecule has 0 amide bonds. The molecule has 2 N–H and O–H groups in total. The lowest BCUT2D eigenvalue weighted by Crippen LogP contribution is -2.12. The molecule has 8 heteroatoms. The minimum atomic E-state index is -4.88. The van der Waals surface area contributed by atoms with Crippen molar-refractivity contribution >= 4 is 0 Å². The molecule has 0 atom stereocenters. The van der Waals surface area contributed by atoms with Crippen molar-refractivity contribution in [3.05, 3.63) is 64.7 Å². The summed E-state index contributed by atoms with van der Waals surface area (Å²) in [4.78, 5) is 0. The molecule has 0 fully saturated rings. The van der Waals surface area contributed by atoms with Crippen LogP contribution in [0.3, 0.4) is 0 Å². The monoisotopic (exact) mass is 363 g/mol. The molecular weight excluding hydrogens is 348 g/mol. The predicted octanol–water partition coefficient (Wildman–Crippen LogP) is 4.80. The number of hydrogen-bond donors (Lipinski definition) is 1. The van der Waals surface area contributed by atoms with Gasteiger partial charge < -0.3 is 10.5 Å². The third-order valence-electron chi connectivity index (χ3n) is 3.38. The van der Waals surface area contributed by atoms with E-state index in [1.54, 1.807) is 24.3 Å². The highest BCUT2D eigenvalue weighted by molar-refractivity contribution is 5.34. The zero-order chi connectivity index (χ0) is 18.7. The third kappa shape index (κ3) is 5.38. The first-order chi connectivity index (χ1) is 11.6. The lowest BCUT2D eigenvalue weighted by molar-refractivity contribution is -0.143. The molecule has 2 nitrogen and oxygen atoms in total. The van der Waals surface area contributed by atoms with E-state index in [1.807, 2.05) is 0 Å². The van der Waals surface area contributed by atoms with Crippen molar-refractivity contribution < 1.29 is 31.1 Å². The van der Waals surface area contributed by atoms with Crippen LogP contribution in [-0.2, 0) is 25.4 Å². The van der Waals surface area contributed by atoms with Gasteiger partial charge in [0, 0.05) is 0 Å². The molecule has 0 aliphatic rings. The lowest BCUT2D eigenvalue weighted by atomic mass is 10.1. The molecule has 0 radical (unpaired) electrons. The van der Waals surface area contributed by atoms with Gasteiger partial charge in [0.1, 0.15) is 12.4 Å². The Balaban J connectivity index is 2.25. The maximum atomic E-state index is 12.8. The number of hydrogen-bond acceptors (Lipinski definition) is 2. The summed E-state index contributed by atoms with van der Waals surface area (Å²) in [5.41, 5.74) is 3.36. The number of nitrogens with two attached hydrogens (primary N) is 1. The van der Waals surface area contributed by atoms with Crippen LogP contribution in [-0.4, -0.2) is 6.54 Å². The van der Waals surface area contributed by atoms with Crippen LogP contribution >= 0.6 is 0 Å². The molecule has 0 saturated carbocycles. The van der Waals surface area contributed by atoms with Crippen molar-refractivity contribution in [2.75, 3.05) is 6.54 Å². The zero-order valence-corrected chi connectivity index (χ0v) is 12.9. The fraction of sp³-hybridized carbons (Fsp3) is 0.294. The summed E-state index contributed by atoms with van der Waals surface area (Å²) in [7, 11) is 0. The van der Waals surface area contributed by atoms with Gasteiger partial charge in [0.15, 0.2) is 0 Å². The molecular formula is C17H15F6NO. The molecule has 2 aromatic rings. The summed E-state index contributed by atoms with van der Waals surface area (Å²) in [6.07, 6.45) is -9.17. The number of rotatable bonds is 5. The Morgan fingerprint density at radius 3 is 1.92 bits per heavy atom. The minimum Gasteiger partial charge on any atom is -0.489 e. The maximum Gasteiger partial charge on any atom is 0.416 e. The molecule has 136 valence electrons. The van der Waals surface area contributed by atoms with E-state index < -0.39 is 30.1 Å². The lowest BCUT2D eigenvalue weighted by Gasteiger charge is -2.15. The van der Waals surface area contributed by atoms with Gasteiger partial charge in [0.05, 0.1) is 11.1 Å². The molecule has 0 aliphatic carbocycles. The summed E-state index contributed by atoms with van der Waals surface area (Å²) in [6.45, 7) is -0.00883. The molecule has 0 aliphatic heterocycles. The van der Waals surface area contributed by atoms with Crippen molar-refractivity contribution in [1.29, 1.82) is 0 Å². The Morgan fingerprint density at radius 1 is 0.800 bits per heavy atom. The molecule has 2 aromatic carbocycles. The van der Waals surface area contributed by atoms with Crippen LogP contribution in [0.1, 0.15) is 22.3 Å². The first-order valence-corrected chi connectivity index (χ1v) is 7.30. The highest BCUT2D eigenvalue weighted by atomic mass is 19.4. The number of alkyl halides is 6. The maximum absolute atomic E-state index is 12.8. The Kier molecular flexibility index (Phi) is 5.62. The Hall–Kier alpha value is -2.22. The standard InChI is InChI=1S/C17H15F6NO/c18-16(19,20)13-6-12(7-14(9-13)17(21,22)23)10-25-15-3-1-2-11(8-15)4-5-24/h1-3,6-9H,4-5,10,24H2. The average Bonchev–Trinajstić information content (AvgIpc) is 2.52. The van der Waals surface area contributed by atoms with E-state index in [-0.39, 0.29) is 11.6 Å². The van der Waals surface area contributed by atoms with Gasteiger partial charge in [-0.2, -0.15) is 26.3 Å².